The molecule has 180 valence electrons. The van der Waals surface area contributed by atoms with Crippen LogP contribution in [0.5, 0.6) is 11.5 Å². The average molecular weight is 472 g/mol. The third kappa shape index (κ3) is 4.32. The van der Waals surface area contributed by atoms with Crippen LogP contribution in [0.4, 0.5) is 8.78 Å². The fourth-order valence-corrected chi connectivity index (χ4v) is 5.07. The van der Waals surface area contributed by atoms with E-state index < -0.39 is 23.8 Å². The number of ether oxygens (including phenoxy) is 2. The van der Waals surface area contributed by atoms with Gasteiger partial charge in [0.15, 0.2) is 23.1 Å². The number of carbonyl (C=O) groups is 2. The first-order chi connectivity index (χ1) is 16.4. The third-order valence-electron chi connectivity index (χ3n) is 6.96. The van der Waals surface area contributed by atoms with Crippen LogP contribution in [-0.2, 0) is 16.0 Å². The molecule has 2 aliphatic heterocycles. The molecule has 3 aliphatic rings. The Morgan fingerprint density at radius 3 is 2.47 bits per heavy atom. The molecule has 5 rings (SSSR count). The van der Waals surface area contributed by atoms with E-state index in [1.165, 1.54) is 12.1 Å². The van der Waals surface area contributed by atoms with Crippen LogP contribution in [0.1, 0.15) is 29.9 Å². The number of benzene rings is 2. The lowest BCUT2D eigenvalue weighted by Crippen LogP contribution is -2.55. The Morgan fingerprint density at radius 2 is 1.71 bits per heavy atom. The Kier molecular flexibility index (Phi) is 6.12. The fourth-order valence-electron chi connectivity index (χ4n) is 5.07. The van der Waals surface area contributed by atoms with E-state index in [0.29, 0.717) is 56.1 Å². The van der Waals surface area contributed by atoms with E-state index in [9.17, 15) is 18.4 Å². The largest absolute Gasteiger partial charge is 0.485 e. The molecule has 1 saturated heterocycles. The number of nitrogens with zero attached hydrogens (tertiary/aromatic N) is 2. The summed E-state index contributed by atoms with van der Waals surface area (Å²) in [5, 5.41) is 0. The molecule has 2 heterocycles. The van der Waals surface area contributed by atoms with Gasteiger partial charge in [0.1, 0.15) is 6.61 Å². The Morgan fingerprint density at radius 1 is 1.03 bits per heavy atom. The predicted octanol–water partition coefficient (Wildman–Crippen LogP) is 2.22. The van der Waals surface area contributed by atoms with E-state index in [0.717, 1.165) is 5.56 Å². The smallest absolute Gasteiger partial charge is 0.267 e. The molecule has 7 nitrogen and oxygen atoms in total. The number of piperazine rings is 1. The van der Waals surface area contributed by atoms with Crippen molar-refractivity contribution >= 4 is 11.8 Å². The number of para-hydroxylation sites is 2. The monoisotopic (exact) mass is 471 g/mol. The van der Waals surface area contributed by atoms with Crippen molar-refractivity contribution in [3.05, 3.63) is 59.2 Å². The molecule has 9 heteroatoms. The van der Waals surface area contributed by atoms with Crippen LogP contribution in [0.3, 0.4) is 0 Å². The van der Waals surface area contributed by atoms with Gasteiger partial charge in [-0.15, -0.1) is 0 Å². The average Bonchev–Trinajstić information content (AvgIpc) is 3.26. The third-order valence-corrected chi connectivity index (χ3v) is 6.96. The second-order valence-corrected chi connectivity index (χ2v) is 9.05. The Balaban J connectivity index is 1.13. The Hall–Kier alpha value is -3.20. The van der Waals surface area contributed by atoms with E-state index in [1.807, 2.05) is 12.1 Å². The van der Waals surface area contributed by atoms with Crippen molar-refractivity contribution in [2.75, 3.05) is 32.8 Å². The van der Waals surface area contributed by atoms with Crippen LogP contribution in [0, 0.1) is 11.6 Å². The lowest BCUT2D eigenvalue weighted by atomic mass is 9.91. The number of fused-ring (bicyclic) bond motifs is 2. The highest BCUT2D eigenvalue weighted by Gasteiger charge is 2.35. The number of aryl methyl sites for hydroxylation is 1. The summed E-state index contributed by atoms with van der Waals surface area (Å²) in [7, 11) is 0. The van der Waals surface area contributed by atoms with Gasteiger partial charge in [0.2, 0.25) is 12.0 Å². The van der Waals surface area contributed by atoms with E-state index in [-0.39, 0.29) is 30.8 Å². The van der Waals surface area contributed by atoms with Gasteiger partial charge < -0.3 is 25.0 Å². The van der Waals surface area contributed by atoms with Gasteiger partial charge in [0.25, 0.3) is 5.91 Å². The standard InChI is InChI=1S/C25H27F2N3O4/c26-18-11-15-5-6-16(17(15)12-19(18)27)20(28)13-24(31)29-7-9-30(10-8-29)25(32)23-14-33-21-3-1-2-4-22(21)34-23/h1-4,11-12,16,20,23H,5-10,13-14,28H2. The molecule has 3 unspecified atom stereocenters. The highest BCUT2D eigenvalue weighted by Crippen LogP contribution is 2.37. The molecule has 1 fully saturated rings. The molecule has 2 N–H and O–H groups in total. The number of hydrogen-bond acceptors (Lipinski definition) is 5. The number of amides is 2. The minimum Gasteiger partial charge on any atom is -0.485 e. The lowest BCUT2D eigenvalue weighted by molar-refractivity contribution is -0.146. The summed E-state index contributed by atoms with van der Waals surface area (Å²) in [4.78, 5) is 29.2. The molecule has 2 aromatic carbocycles. The molecule has 0 saturated carbocycles. The number of carbonyl (C=O) groups excluding carboxylic acids is 2. The SMILES string of the molecule is NC(CC(=O)N1CCN(C(=O)C2COc3ccccc3O2)CC1)C1CCc2cc(F)c(F)cc21. The minimum atomic E-state index is -0.888. The highest BCUT2D eigenvalue weighted by atomic mass is 19.2. The molecule has 1 aliphatic carbocycles. The second-order valence-electron chi connectivity index (χ2n) is 9.05. The van der Waals surface area contributed by atoms with Crippen LogP contribution in [0.25, 0.3) is 0 Å². The zero-order chi connectivity index (χ0) is 23.8. The Labute approximate surface area is 196 Å². The van der Waals surface area contributed by atoms with Crippen molar-refractivity contribution in [2.24, 2.45) is 5.73 Å². The topological polar surface area (TPSA) is 85.1 Å². The van der Waals surface area contributed by atoms with Gasteiger partial charge >= 0.3 is 0 Å². The highest BCUT2D eigenvalue weighted by molar-refractivity contribution is 5.83. The lowest BCUT2D eigenvalue weighted by Gasteiger charge is -2.37. The molecule has 3 atom stereocenters. The summed E-state index contributed by atoms with van der Waals surface area (Å²) in [6.07, 6.45) is 0.699. The van der Waals surface area contributed by atoms with Gasteiger partial charge in [-0.25, -0.2) is 8.78 Å². The number of halogens is 2. The predicted molar refractivity (Wildman–Crippen MR) is 120 cm³/mol. The summed E-state index contributed by atoms with van der Waals surface area (Å²) >= 11 is 0. The maximum Gasteiger partial charge on any atom is 0.267 e. The first-order valence-electron chi connectivity index (χ1n) is 11.6. The van der Waals surface area contributed by atoms with Gasteiger partial charge in [-0.2, -0.15) is 0 Å². The molecular formula is C25H27F2N3O4. The maximum atomic E-state index is 13.7. The van der Waals surface area contributed by atoms with Crippen molar-refractivity contribution in [1.29, 1.82) is 0 Å². The molecule has 2 amide bonds. The molecule has 0 spiro atoms. The zero-order valence-electron chi connectivity index (χ0n) is 18.7. The van der Waals surface area contributed by atoms with E-state index in [2.05, 4.69) is 0 Å². The van der Waals surface area contributed by atoms with Crippen molar-refractivity contribution in [3.63, 3.8) is 0 Å². The van der Waals surface area contributed by atoms with Gasteiger partial charge in [-0.1, -0.05) is 12.1 Å². The van der Waals surface area contributed by atoms with Crippen LogP contribution < -0.4 is 15.2 Å². The normalized spacial score (nSPS) is 22.3. The number of hydrogen-bond donors (Lipinski definition) is 1. The maximum absolute atomic E-state index is 13.7. The van der Waals surface area contributed by atoms with Gasteiger partial charge in [0.05, 0.1) is 0 Å². The minimum absolute atomic E-state index is 0.0955. The first-order valence-corrected chi connectivity index (χ1v) is 11.6. The van der Waals surface area contributed by atoms with Gasteiger partial charge in [0, 0.05) is 44.6 Å². The Bertz CT molecular complexity index is 1100. The molecule has 0 aromatic heterocycles. The van der Waals surface area contributed by atoms with E-state index in [4.69, 9.17) is 15.2 Å². The fraction of sp³-hybridized carbons (Fsp3) is 0.440. The molecule has 0 bridgehead atoms. The van der Waals surface area contributed by atoms with Gasteiger partial charge in [-0.05, 0) is 48.2 Å². The van der Waals surface area contributed by atoms with Crippen molar-refractivity contribution < 1.29 is 27.8 Å². The summed E-state index contributed by atoms with van der Waals surface area (Å²) < 4.78 is 38.7. The van der Waals surface area contributed by atoms with Crippen LogP contribution in [0.2, 0.25) is 0 Å². The molecule has 0 radical (unpaired) electrons. The number of nitrogens with two attached hydrogens (primary N) is 1. The van der Waals surface area contributed by atoms with Crippen LogP contribution >= 0.6 is 0 Å². The van der Waals surface area contributed by atoms with Crippen molar-refractivity contribution in [1.82, 2.24) is 9.80 Å². The molecule has 2 aromatic rings. The summed E-state index contributed by atoms with van der Waals surface area (Å²) in [6.45, 7) is 1.76. The summed E-state index contributed by atoms with van der Waals surface area (Å²) in [5.74, 6) is -1.01. The zero-order valence-corrected chi connectivity index (χ0v) is 18.7. The number of rotatable bonds is 4. The van der Waals surface area contributed by atoms with E-state index in [1.54, 1.807) is 21.9 Å². The second kappa shape index (κ2) is 9.21. The van der Waals surface area contributed by atoms with Crippen LogP contribution in [-0.4, -0.2) is 66.5 Å². The van der Waals surface area contributed by atoms with E-state index >= 15 is 0 Å². The quantitative estimate of drug-likeness (QED) is 0.739. The van der Waals surface area contributed by atoms with Crippen molar-refractivity contribution in [3.8, 4) is 11.5 Å². The van der Waals surface area contributed by atoms with Crippen LogP contribution in [0.15, 0.2) is 36.4 Å². The first kappa shape index (κ1) is 22.6. The summed E-state index contributed by atoms with van der Waals surface area (Å²) in [5.41, 5.74) is 7.80. The van der Waals surface area contributed by atoms with Crippen molar-refractivity contribution in [2.45, 2.75) is 37.3 Å². The van der Waals surface area contributed by atoms with Gasteiger partial charge in [-0.3, -0.25) is 9.59 Å². The molecule has 34 heavy (non-hydrogen) atoms. The molecular weight excluding hydrogens is 444 g/mol. The summed E-state index contributed by atoms with van der Waals surface area (Å²) in [6, 6.07) is 9.19.